The van der Waals surface area contributed by atoms with E-state index in [1.165, 1.54) is 6.92 Å². The minimum atomic E-state index is -3.67. The SMILES string of the molecule is CC(=O)c1cccc(NC(=O)CSc2nnc(CS(=O)(=O)c3ccc(C)cc3)n2-c2ccccc2)c1. The van der Waals surface area contributed by atoms with Crippen molar-refractivity contribution in [1.29, 1.82) is 0 Å². The van der Waals surface area contributed by atoms with Crippen molar-refractivity contribution in [3.05, 3.63) is 95.8 Å². The molecule has 184 valence electrons. The first kappa shape index (κ1) is 25.3. The molecule has 0 unspecified atom stereocenters. The Morgan fingerprint density at radius 2 is 1.67 bits per heavy atom. The topological polar surface area (TPSA) is 111 Å². The van der Waals surface area contributed by atoms with Gasteiger partial charge in [-0.25, -0.2) is 8.42 Å². The van der Waals surface area contributed by atoms with Crippen molar-refractivity contribution in [2.75, 3.05) is 11.1 Å². The van der Waals surface area contributed by atoms with E-state index in [1.54, 1.807) is 53.1 Å². The standard InChI is InChI=1S/C26H24N4O4S2/c1-18-11-13-23(14-12-18)36(33,34)17-24-28-29-26(30(24)22-9-4-3-5-10-22)35-16-25(32)27-21-8-6-7-20(15-21)19(2)31/h3-15H,16-17H2,1-2H3,(H,27,32). The molecule has 3 aromatic carbocycles. The van der Waals surface area contributed by atoms with Gasteiger partial charge in [0.25, 0.3) is 0 Å². The summed E-state index contributed by atoms with van der Waals surface area (Å²) < 4.78 is 27.8. The molecule has 1 amide bonds. The van der Waals surface area contributed by atoms with Gasteiger partial charge in [-0.3, -0.25) is 14.2 Å². The van der Waals surface area contributed by atoms with Crippen LogP contribution in [0, 0.1) is 6.92 Å². The van der Waals surface area contributed by atoms with Crippen molar-refractivity contribution in [2.24, 2.45) is 0 Å². The van der Waals surface area contributed by atoms with Crippen LogP contribution in [-0.2, 0) is 20.4 Å². The van der Waals surface area contributed by atoms with Crippen LogP contribution in [-0.4, -0.2) is 40.6 Å². The molecule has 36 heavy (non-hydrogen) atoms. The van der Waals surface area contributed by atoms with Gasteiger partial charge in [0, 0.05) is 16.9 Å². The number of hydrogen-bond acceptors (Lipinski definition) is 7. The fourth-order valence-electron chi connectivity index (χ4n) is 3.47. The van der Waals surface area contributed by atoms with Crippen LogP contribution in [0.1, 0.15) is 28.7 Å². The van der Waals surface area contributed by atoms with E-state index in [9.17, 15) is 18.0 Å². The van der Waals surface area contributed by atoms with Crippen LogP contribution in [0.15, 0.2) is 88.9 Å². The molecule has 0 radical (unpaired) electrons. The number of nitrogens with one attached hydrogen (secondary N) is 1. The summed E-state index contributed by atoms with van der Waals surface area (Å²) in [5, 5.41) is 11.5. The van der Waals surface area contributed by atoms with Gasteiger partial charge in [0.2, 0.25) is 5.91 Å². The highest BCUT2D eigenvalue weighted by Gasteiger charge is 2.23. The zero-order chi connectivity index (χ0) is 25.7. The summed E-state index contributed by atoms with van der Waals surface area (Å²) in [6.07, 6.45) is 0. The molecule has 0 bridgehead atoms. The third kappa shape index (κ3) is 6.07. The molecule has 0 saturated carbocycles. The molecule has 0 atom stereocenters. The van der Waals surface area contributed by atoms with Crippen LogP contribution < -0.4 is 5.32 Å². The lowest BCUT2D eigenvalue weighted by atomic mass is 10.1. The van der Waals surface area contributed by atoms with E-state index in [1.807, 2.05) is 37.3 Å². The summed E-state index contributed by atoms with van der Waals surface area (Å²) in [6.45, 7) is 3.35. The second-order valence-corrected chi connectivity index (χ2v) is 11.0. The Kier molecular flexibility index (Phi) is 7.66. The Labute approximate surface area is 213 Å². The van der Waals surface area contributed by atoms with Gasteiger partial charge in [-0.15, -0.1) is 10.2 Å². The third-order valence-corrected chi connectivity index (χ3v) is 7.86. The molecule has 1 N–H and O–H groups in total. The van der Waals surface area contributed by atoms with E-state index in [0.717, 1.165) is 17.3 Å². The largest absolute Gasteiger partial charge is 0.325 e. The first-order valence-electron chi connectivity index (χ1n) is 11.1. The Morgan fingerprint density at radius 3 is 2.36 bits per heavy atom. The van der Waals surface area contributed by atoms with E-state index in [2.05, 4.69) is 15.5 Å². The average Bonchev–Trinajstić information content (AvgIpc) is 3.25. The predicted molar refractivity (Wildman–Crippen MR) is 139 cm³/mol. The molecule has 0 aliphatic heterocycles. The number of hydrogen-bond donors (Lipinski definition) is 1. The number of anilines is 1. The first-order valence-corrected chi connectivity index (χ1v) is 13.7. The van der Waals surface area contributed by atoms with Gasteiger partial charge >= 0.3 is 0 Å². The molecular formula is C26H24N4O4S2. The van der Waals surface area contributed by atoms with Gasteiger partial charge in [0.15, 0.2) is 26.6 Å². The van der Waals surface area contributed by atoms with E-state index < -0.39 is 9.84 Å². The number of carbonyl (C=O) groups excluding carboxylic acids is 2. The monoisotopic (exact) mass is 520 g/mol. The van der Waals surface area contributed by atoms with Crippen LogP contribution in [0.2, 0.25) is 0 Å². The number of benzene rings is 3. The van der Waals surface area contributed by atoms with E-state index in [0.29, 0.717) is 22.1 Å². The highest BCUT2D eigenvalue weighted by molar-refractivity contribution is 7.99. The van der Waals surface area contributed by atoms with Crippen molar-refractivity contribution in [3.63, 3.8) is 0 Å². The molecule has 0 saturated heterocycles. The first-order chi connectivity index (χ1) is 17.2. The van der Waals surface area contributed by atoms with Crippen LogP contribution in [0.3, 0.4) is 0 Å². The summed E-state index contributed by atoms with van der Waals surface area (Å²) in [5.41, 5.74) is 2.67. The van der Waals surface area contributed by atoms with Gasteiger partial charge in [0.1, 0.15) is 5.75 Å². The summed E-state index contributed by atoms with van der Waals surface area (Å²) in [4.78, 5) is 24.4. The number of amides is 1. The quantitative estimate of drug-likeness (QED) is 0.256. The normalized spacial score (nSPS) is 11.3. The molecule has 0 spiro atoms. The molecular weight excluding hydrogens is 496 g/mol. The smallest absolute Gasteiger partial charge is 0.234 e. The molecule has 1 heterocycles. The number of carbonyl (C=O) groups is 2. The van der Waals surface area contributed by atoms with Gasteiger partial charge in [-0.1, -0.05) is 59.8 Å². The summed E-state index contributed by atoms with van der Waals surface area (Å²) in [6, 6.07) is 22.5. The van der Waals surface area contributed by atoms with Gasteiger partial charge in [-0.2, -0.15) is 0 Å². The lowest BCUT2D eigenvalue weighted by Gasteiger charge is -2.11. The number of para-hydroxylation sites is 1. The lowest BCUT2D eigenvalue weighted by molar-refractivity contribution is -0.113. The van der Waals surface area contributed by atoms with Gasteiger partial charge in [-0.05, 0) is 50.2 Å². The summed E-state index contributed by atoms with van der Waals surface area (Å²) in [7, 11) is -3.67. The minimum absolute atomic E-state index is 0.0139. The molecule has 1 aromatic heterocycles. The van der Waals surface area contributed by atoms with Gasteiger partial charge < -0.3 is 5.32 Å². The fourth-order valence-corrected chi connectivity index (χ4v) is 5.48. The number of thioether (sulfide) groups is 1. The van der Waals surface area contributed by atoms with Crippen LogP contribution in [0.4, 0.5) is 5.69 Å². The molecule has 0 fully saturated rings. The highest BCUT2D eigenvalue weighted by atomic mass is 32.2. The van der Waals surface area contributed by atoms with Crippen LogP contribution >= 0.6 is 11.8 Å². The molecule has 0 aliphatic carbocycles. The maximum absolute atomic E-state index is 13.1. The zero-order valence-electron chi connectivity index (χ0n) is 19.7. The van der Waals surface area contributed by atoms with Crippen molar-refractivity contribution in [3.8, 4) is 5.69 Å². The van der Waals surface area contributed by atoms with Crippen LogP contribution in [0.5, 0.6) is 0 Å². The van der Waals surface area contributed by atoms with Gasteiger partial charge in [0.05, 0.1) is 10.6 Å². The average molecular weight is 521 g/mol. The van der Waals surface area contributed by atoms with E-state index in [4.69, 9.17) is 0 Å². The number of aryl methyl sites for hydroxylation is 1. The number of sulfone groups is 1. The second kappa shape index (κ2) is 10.9. The fraction of sp³-hybridized carbons (Fsp3) is 0.154. The Morgan fingerprint density at radius 1 is 0.944 bits per heavy atom. The van der Waals surface area contributed by atoms with Crippen molar-refractivity contribution < 1.29 is 18.0 Å². The lowest BCUT2D eigenvalue weighted by Crippen LogP contribution is -2.15. The number of rotatable bonds is 9. The highest BCUT2D eigenvalue weighted by Crippen LogP contribution is 2.25. The van der Waals surface area contributed by atoms with Crippen molar-refractivity contribution in [1.82, 2.24) is 14.8 Å². The Hall–Kier alpha value is -3.76. The molecule has 4 rings (SSSR count). The van der Waals surface area contributed by atoms with Crippen LogP contribution in [0.25, 0.3) is 5.69 Å². The molecule has 0 aliphatic rings. The van der Waals surface area contributed by atoms with E-state index in [-0.39, 0.29) is 33.9 Å². The molecule has 8 nitrogen and oxygen atoms in total. The minimum Gasteiger partial charge on any atom is -0.325 e. The maximum atomic E-state index is 13.1. The molecule has 4 aromatic rings. The predicted octanol–water partition coefficient (Wildman–Crippen LogP) is 4.48. The second-order valence-electron chi connectivity index (χ2n) is 8.12. The van der Waals surface area contributed by atoms with Crippen molar-refractivity contribution in [2.45, 2.75) is 29.7 Å². The summed E-state index contributed by atoms with van der Waals surface area (Å²) in [5.74, 6) is -0.469. The Bertz CT molecular complexity index is 1500. The number of nitrogens with zero attached hydrogens (tertiary/aromatic N) is 3. The van der Waals surface area contributed by atoms with E-state index >= 15 is 0 Å². The zero-order valence-corrected chi connectivity index (χ0v) is 21.3. The number of aromatic nitrogens is 3. The third-order valence-electron chi connectivity index (χ3n) is 5.30. The summed E-state index contributed by atoms with van der Waals surface area (Å²) >= 11 is 1.14. The molecule has 10 heteroatoms. The maximum Gasteiger partial charge on any atom is 0.234 e. The number of Topliss-reactive ketones (excluding diaryl/α,β-unsaturated/α-hetero) is 1. The van der Waals surface area contributed by atoms with Crippen molar-refractivity contribution >= 4 is 39.0 Å². The number of ketones is 1. The Balaban J connectivity index is 1.55.